The number of nitrogens with zero attached hydrogens (tertiary/aromatic N) is 2. The third-order valence-corrected chi connectivity index (χ3v) is 4.19. The molecule has 2 aliphatic heterocycles. The maximum atomic E-state index is 12.9. The lowest BCUT2D eigenvalue weighted by Crippen LogP contribution is -2.42. The van der Waals surface area contributed by atoms with E-state index in [9.17, 15) is 22.8 Å². The van der Waals surface area contributed by atoms with Crippen LogP contribution >= 0.6 is 0 Å². The maximum Gasteiger partial charge on any atom is 0.393 e. The van der Waals surface area contributed by atoms with Crippen molar-refractivity contribution in [3.8, 4) is 0 Å². The molecule has 0 aromatic rings. The Balaban J connectivity index is 1.86. The fourth-order valence-corrected chi connectivity index (χ4v) is 2.91. The van der Waals surface area contributed by atoms with Gasteiger partial charge < -0.3 is 20.3 Å². The minimum atomic E-state index is -4.46. The number of rotatable bonds is 4. The number of hydrogen-bond donors (Lipinski definition) is 1. The zero-order valence-electron chi connectivity index (χ0n) is 12.1. The van der Waals surface area contributed by atoms with Crippen molar-refractivity contribution in [2.75, 3.05) is 45.9 Å². The summed E-state index contributed by atoms with van der Waals surface area (Å²) in [7, 11) is 0. The second kappa shape index (κ2) is 6.82. The molecule has 0 aromatic heterocycles. The van der Waals surface area contributed by atoms with Crippen LogP contribution in [0.5, 0.6) is 0 Å². The summed E-state index contributed by atoms with van der Waals surface area (Å²) in [5.74, 6) is -4.03. The number of ether oxygens (including phenoxy) is 1. The van der Waals surface area contributed by atoms with E-state index in [0.717, 1.165) is 0 Å². The molecule has 6 nitrogen and oxygen atoms in total. The third kappa shape index (κ3) is 4.10. The number of hydrogen-bond acceptors (Lipinski definition) is 4. The Kier molecular flexibility index (Phi) is 5.28. The van der Waals surface area contributed by atoms with Crippen molar-refractivity contribution >= 4 is 11.8 Å². The Bertz CT molecular complexity index is 424. The van der Waals surface area contributed by atoms with E-state index in [1.807, 2.05) is 0 Å². The molecule has 0 spiro atoms. The molecule has 2 heterocycles. The maximum absolute atomic E-state index is 12.9. The molecule has 2 fully saturated rings. The van der Waals surface area contributed by atoms with E-state index in [1.165, 1.54) is 4.90 Å². The number of alkyl halides is 3. The topological polar surface area (TPSA) is 75.9 Å². The molecule has 0 unspecified atom stereocenters. The van der Waals surface area contributed by atoms with E-state index in [4.69, 9.17) is 10.5 Å². The number of amides is 2. The lowest BCUT2D eigenvalue weighted by Gasteiger charge is -2.27. The zero-order valence-corrected chi connectivity index (χ0v) is 12.1. The van der Waals surface area contributed by atoms with Crippen molar-refractivity contribution in [3.05, 3.63) is 0 Å². The van der Waals surface area contributed by atoms with Crippen molar-refractivity contribution in [2.45, 2.75) is 12.6 Å². The second-order valence-corrected chi connectivity index (χ2v) is 5.66. The summed E-state index contributed by atoms with van der Waals surface area (Å²) in [4.78, 5) is 26.3. The van der Waals surface area contributed by atoms with E-state index in [2.05, 4.69) is 0 Å². The number of carbonyl (C=O) groups is 2. The van der Waals surface area contributed by atoms with Crippen molar-refractivity contribution in [3.63, 3.8) is 0 Å². The molecule has 0 aromatic carbocycles. The fraction of sp³-hybridized carbons (Fsp3) is 0.846. The lowest BCUT2D eigenvalue weighted by atomic mass is 9.95. The predicted octanol–water partition coefficient (Wildman–Crippen LogP) is -0.169. The summed E-state index contributed by atoms with van der Waals surface area (Å²) < 4.78 is 43.9. The highest BCUT2D eigenvalue weighted by atomic mass is 19.4. The first-order valence-electron chi connectivity index (χ1n) is 7.23. The third-order valence-electron chi connectivity index (χ3n) is 4.19. The number of morpholine rings is 1. The van der Waals surface area contributed by atoms with E-state index < -0.39 is 23.9 Å². The Morgan fingerprint density at radius 3 is 2.32 bits per heavy atom. The molecule has 0 radical (unpaired) electrons. The zero-order chi connectivity index (χ0) is 16.3. The first-order valence-corrected chi connectivity index (χ1v) is 7.23. The minimum Gasteiger partial charge on any atom is -0.378 e. The minimum absolute atomic E-state index is 0.0457. The molecule has 0 bridgehead atoms. The van der Waals surface area contributed by atoms with Gasteiger partial charge in [-0.2, -0.15) is 13.2 Å². The number of likely N-dealkylation sites (tertiary alicyclic amines) is 1. The van der Waals surface area contributed by atoms with Gasteiger partial charge in [0.2, 0.25) is 11.8 Å². The Labute approximate surface area is 126 Å². The Morgan fingerprint density at radius 2 is 1.82 bits per heavy atom. The molecule has 2 aliphatic rings. The van der Waals surface area contributed by atoms with Gasteiger partial charge in [0.15, 0.2) is 0 Å². The van der Waals surface area contributed by atoms with E-state index in [0.29, 0.717) is 26.3 Å². The van der Waals surface area contributed by atoms with Crippen LogP contribution in [0, 0.1) is 11.8 Å². The molecule has 2 saturated heterocycles. The van der Waals surface area contributed by atoms with E-state index in [-0.39, 0.29) is 32.0 Å². The van der Waals surface area contributed by atoms with Gasteiger partial charge >= 0.3 is 6.18 Å². The van der Waals surface area contributed by atoms with Gasteiger partial charge in [0, 0.05) is 39.1 Å². The number of halogens is 3. The summed E-state index contributed by atoms with van der Waals surface area (Å²) in [6.45, 7) is 1.85. The van der Waals surface area contributed by atoms with Gasteiger partial charge in [-0.1, -0.05) is 0 Å². The van der Waals surface area contributed by atoms with Crippen LogP contribution in [0.2, 0.25) is 0 Å². The molecule has 2 rings (SSSR count). The van der Waals surface area contributed by atoms with Crippen LogP contribution in [0.4, 0.5) is 13.2 Å². The number of primary amides is 1. The molecular weight excluding hydrogens is 303 g/mol. The second-order valence-electron chi connectivity index (χ2n) is 5.66. The molecule has 0 saturated carbocycles. The fourth-order valence-electron chi connectivity index (χ4n) is 2.91. The van der Waals surface area contributed by atoms with Gasteiger partial charge in [-0.25, -0.2) is 0 Å². The normalized spacial score (nSPS) is 27.1. The first kappa shape index (κ1) is 17.0. The largest absolute Gasteiger partial charge is 0.393 e. The standard InChI is InChI=1S/C13H20F3N3O3/c14-13(15,16)10-8-18(7-9(10)12(17)21)2-1-11(20)19-3-5-22-6-4-19/h9-10H,1-8H2,(H2,17,21)/t9-,10-/m1/s1. The van der Waals surface area contributed by atoms with Crippen LogP contribution in [0.1, 0.15) is 6.42 Å². The molecular formula is C13H20F3N3O3. The predicted molar refractivity (Wildman–Crippen MR) is 70.7 cm³/mol. The van der Waals surface area contributed by atoms with Crippen LogP contribution in [0.3, 0.4) is 0 Å². The highest BCUT2D eigenvalue weighted by Crippen LogP contribution is 2.37. The SMILES string of the molecule is NC(=O)[C@@H]1CN(CCC(=O)N2CCOCC2)C[C@H]1C(F)(F)F. The van der Waals surface area contributed by atoms with Crippen molar-refractivity contribution < 1.29 is 27.5 Å². The van der Waals surface area contributed by atoms with Gasteiger partial charge in [0.05, 0.1) is 25.0 Å². The van der Waals surface area contributed by atoms with E-state index >= 15 is 0 Å². The van der Waals surface area contributed by atoms with Gasteiger partial charge in [-0.15, -0.1) is 0 Å². The van der Waals surface area contributed by atoms with Crippen molar-refractivity contribution in [2.24, 2.45) is 17.6 Å². The summed E-state index contributed by atoms with van der Waals surface area (Å²) in [5, 5.41) is 0. The summed E-state index contributed by atoms with van der Waals surface area (Å²) in [6, 6.07) is 0. The molecule has 126 valence electrons. The van der Waals surface area contributed by atoms with Crippen LogP contribution in [0.25, 0.3) is 0 Å². The number of nitrogens with two attached hydrogens (primary N) is 1. The summed E-state index contributed by atoms with van der Waals surface area (Å²) in [6.07, 6.45) is -4.32. The molecule has 2 N–H and O–H groups in total. The lowest BCUT2D eigenvalue weighted by molar-refractivity contribution is -0.182. The van der Waals surface area contributed by atoms with Gasteiger partial charge in [0.1, 0.15) is 0 Å². The molecule has 22 heavy (non-hydrogen) atoms. The summed E-state index contributed by atoms with van der Waals surface area (Å²) >= 11 is 0. The van der Waals surface area contributed by atoms with Crippen LogP contribution < -0.4 is 5.73 Å². The van der Waals surface area contributed by atoms with Crippen LogP contribution in [0.15, 0.2) is 0 Å². The van der Waals surface area contributed by atoms with Crippen LogP contribution in [-0.2, 0) is 14.3 Å². The Hall–Kier alpha value is -1.35. The Morgan fingerprint density at radius 1 is 1.18 bits per heavy atom. The molecule has 2 amide bonds. The molecule has 2 atom stereocenters. The number of carbonyl (C=O) groups excluding carboxylic acids is 2. The first-order chi connectivity index (χ1) is 10.3. The average Bonchev–Trinajstić information content (AvgIpc) is 2.90. The quantitative estimate of drug-likeness (QED) is 0.779. The molecule has 9 heteroatoms. The molecule has 0 aliphatic carbocycles. The smallest absolute Gasteiger partial charge is 0.378 e. The van der Waals surface area contributed by atoms with Gasteiger partial charge in [-0.05, 0) is 0 Å². The van der Waals surface area contributed by atoms with E-state index in [1.54, 1.807) is 4.90 Å². The van der Waals surface area contributed by atoms with Crippen molar-refractivity contribution in [1.82, 2.24) is 9.80 Å². The monoisotopic (exact) mass is 323 g/mol. The average molecular weight is 323 g/mol. The van der Waals surface area contributed by atoms with Gasteiger partial charge in [-0.3, -0.25) is 9.59 Å². The summed E-state index contributed by atoms with van der Waals surface area (Å²) in [5.41, 5.74) is 5.07. The van der Waals surface area contributed by atoms with Gasteiger partial charge in [0.25, 0.3) is 0 Å². The van der Waals surface area contributed by atoms with Crippen LogP contribution in [-0.4, -0.2) is 73.7 Å². The van der Waals surface area contributed by atoms with Crippen molar-refractivity contribution in [1.29, 1.82) is 0 Å². The highest BCUT2D eigenvalue weighted by Gasteiger charge is 2.51. The highest BCUT2D eigenvalue weighted by molar-refractivity contribution is 5.78.